The molecule has 0 amide bonds. The summed E-state index contributed by atoms with van der Waals surface area (Å²) in [7, 11) is 0. The molecule has 0 aliphatic carbocycles. The molecule has 1 aliphatic rings. The average Bonchev–Trinajstić information content (AvgIpc) is 2.88. The largest absolute Gasteiger partial charge is 0.464 e. The summed E-state index contributed by atoms with van der Waals surface area (Å²) in [5, 5.41) is 8.88. The van der Waals surface area contributed by atoms with Gasteiger partial charge in [-0.25, -0.2) is 0 Å². The van der Waals surface area contributed by atoms with Gasteiger partial charge in [0.25, 0.3) is 0 Å². The minimum atomic E-state index is 0.305. The van der Waals surface area contributed by atoms with Crippen molar-refractivity contribution in [1.29, 1.82) is 0 Å². The van der Waals surface area contributed by atoms with E-state index >= 15 is 0 Å². The van der Waals surface area contributed by atoms with Gasteiger partial charge in [0.2, 0.25) is 0 Å². The van der Waals surface area contributed by atoms with E-state index in [1.54, 1.807) is 0 Å². The molecule has 102 valence electrons. The minimum Gasteiger partial charge on any atom is -0.464 e. The molecule has 1 aliphatic heterocycles. The lowest BCUT2D eigenvalue weighted by molar-refractivity contribution is 0.123. The summed E-state index contributed by atoms with van der Waals surface area (Å²) in [5.74, 6) is 2.22. The Kier molecular flexibility index (Phi) is 5.26. The van der Waals surface area contributed by atoms with E-state index in [4.69, 9.17) is 9.52 Å². The molecule has 18 heavy (non-hydrogen) atoms. The predicted molar refractivity (Wildman–Crippen MR) is 72.6 cm³/mol. The summed E-state index contributed by atoms with van der Waals surface area (Å²) < 4.78 is 5.92. The first-order chi connectivity index (χ1) is 8.85. The second-order valence-electron chi connectivity index (χ2n) is 5.14. The molecule has 0 radical (unpaired) electrons. The summed E-state index contributed by atoms with van der Waals surface area (Å²) in [6, 6.07) is 4.71. The standard InChI is InChI=1S/C15H25NO2/c1-2-13-8-9-15(18-13)14-7-3-4-10-16(14)11-5-6-12-17/h8-9,14,17H,2-7,10-12H2,1H3. The summed E-state index contributed by atoms with van der Waals surface area (Å²) in [6.45, 7) is 4.67. The number of aliphatic hydroxyl groups is 1. The lowest BCUT2D eigenvalue weighted by Crippen LogP contribution is -2.34. The number of unbranched alkanes of at least 4 members (excludes halogenated alkanes) is 1. The van der Waals surface area contributed by atoms with Crippen LogP contribution >= 0.6 is 0 Å². The van der Waals surface area contributed by atoms with Crippen molar-refractivity contribution >= 4 is 0 Å². The number of hydrogen-bond acceptors (Lipinski definition) is 3. The molecule has 3 heteroatoms. The molecule has 0 spiro atoms. The Labute approximate surface area is 110 Å². The second kappa shape index (κ2) is 6.95. The quantitative estimate of drug-likeness (QED) is 0.789. The van der Waals surface area contributed by atoms with E-state index in [0.29, 0.717) is 12.6 Å². The molecule has 1 unspecified atom stereocenters. The molecular formula is C15H25NO2. The van der Waals surface area contributed by atoms with Crippen LogP contribution in [-0.2, 0) is 6.42 Å². The smallest absolute Gasteiger partial charge is 0.121 e. The molecule has 2 rings (SSSR count). The maximum atomic E-state index is 8.88. The van der Waals surface area contributed by atoms with Crippen LogP contribution < -0.4 is 0 Å². The maximum Gasteiger partial charge on any atom is 0.121 e. The maximum absolute atomic E-state index is 8.88. The van der Waals surface area contributed by atoms with E-state index < -0.39 is 0 Å². The average molecular weight is 251 g/mol. The Morgan fingerprint density at radius 3 is 2.94 bits per heavy atom. The van der Waals surface area contributed by atoms with Crippen molar-refractivity contribution in [2.24, 2.45) is 0 Å². The van der Waals surface area contributed by atoms with Crippen LogP contribution in [0.3, 0.4) is 0 Å². The summed E-state index contributed by atoms with van der Waals surface area (Å²) >= 11 is 0. The van der Waals surface area contributed by atoms with Crippen LogP contribution in [0.25, 0.3) is 0 Å². The summed E-state index contributed by atoms with van der Waals surface area (Å²) in [4.78, 5) is 2.53. The number of rotatable bonds is 6. The van der Waals surface area contributed by atoms with Gasteiger partial charge in [-0.3, -0.25) is 4.90 Å². The highest BCUT2D eigenvalue weighted by Crippen LogP contribution is 2.32. The van der Waals surface area contributed by atoms with Crippen LogP contribution in [0.2, 0.25) is 0 Å². The second-order valence-corrected chi connectivity index (χ2v) is 5.14. The fourth-order valence-corrected chi connectivity index (χ4v) is 2.77. The third kappa shape index (κ3) is 3.36. The van der Waals surface area contributed by atoms with Crippen molar-refractivity contribution in [2.45, 2.75) is 51.5 Å². The molecule has 0 saturated carbocycles. The molecule has 0 bridgehead atoms. The Bertz CT molecular complexity index is 348. The van der Waals surface area contributed by atoms with Gasteiger partial charge in [-0.1, -0.05) is 13.3 Å². The number of hydrogen-bond donors (Lipinski definition) is 1. The molecule has 3 nitrogen and oxygen atoms in total. The first-order valence-corrected chi connectivity index (χ1v) is 7.28. The number of nitrogens with zero attached hydrogens (tertiary/aromatic N) is 1. The van der Waals surface area contributed by atoms with Gasteiger partial charge in [-0.05, 0) is 50.9 Å². The predicted octanol–water partition coefficient (Wildman–Crippen LogP) is 3.14. The number of likely N-dealkylation sites (tertiary alicyclic amines) is 1. The van der Waals surface area contributed by atoms with Crippen molar-refractivity contribution in [3.63, 3.8) is 0 Å². The monoisotopic (exact) mass is 251 g/mol. The van der Waals surface area contributed by atoms with E-state index in [2.05, 4.69) is 24.0 Å². The zero-order valence-electron chi connectivity index (χ0n) is 11.4. The molecule has 1 saturated heterocycles. The van der Waals surface area contributed by atoms with E-state index in [-0.39, 0.29) is 0 Å². The fraction of sp³-hybridized carbons (Fsp3) is 0.733. The number of aliphatic hydroxyl groups excluding tert-OH is 1. The van der Waals surface area contributed by atoms with Crippen LogP contribution in [0, 0.1) is 0 Å². The van der Waals surface area contributed by atoms with Crippen LogP contribution in [-0.4, -0.2) is 29.7 Å². The Morgan fingerprint density at radius 2 is 2.22 bits per heavy atom. The zero-order valence-corrected chi connectivity index (χ0v) is 11.4. The van der Waals surface area contributed by atoms with Gasteiger partial charge in [-0.2, -0.15) is 0 Å². The first-order valence-electron chi connectivity index (χ1n) is 7.28. The first kappa shape index (κ1) is 13.6. The highest BCUT2D eigenvalue weighted by atomic mass is 16.3. The molecule has 0 aromatic carbocycles. The normalized spacial score (nSPS) is 21.3. The fourth-order valence-electron chi connectivity index (χ4n) is 2.77. The topological polar surface area (TPSA) is 36.6 Å². The van der Waals surface area contributed by atoms with E-state index in [0.717, 1.165) is 43.9 Å². The van der Waals surface area contributed by atoms with Gasteiger partial charge in [-0.15, -0.1) is 0 Å². The van der Waals surface area contributed by atoms with Crippen LogP contribution in [0.5, 0.6) is 0 Å². The molecule has 2 heterocycles. The summed E-state index contributed by atoms with van der Waals surface area (Å²) in [6.07, 6.45) is 6.74. The number of aryl methyl sites for hydroxylation is 1. The van der Waals surface area contributed by atoms with Crippen molar-refractivity contribution < 1.29 is 9.52 Å². The van der Waals surface area contributed by atoms with Gasteiger partial charge in [0.15, 0.2) is 0 Å². The lowest BCUT2D eigenvalue weighted by Gasteiger charge is -2.34. The lowest BCUT2D eigenvalue weighted by atomic mass is 9.99. The van der Waals surface area contributed by atoms with Crippen molar-refractivity contribution in [3.05, 3.63) is 23.7 Å². The molecule has 1 fully saturated rings. The van der Waals surface area contributed by atoms with Crippen LogP contribution in [0.1, 0.15) is 56.6 Å². The molecule has 1 N–H and O–H groups in total. The minimum absolute atomic E-state index is 0.305. The van der Waals surface area contributed by atoms with E-state index in [9.17, 15) is 0 Å². The van der Waals surface area contributed by atoms with Gasteiger partial charge in [0.05, 0.1) is 6.04 Å². The number of piperidine rings is 1. The molecular weight excluding hydrogens is 226 g/mol. The zero-order chi connectivity index (χ0) is 12.8. The van der Waals surface area contributed by atoms with Gasteiger partial charge < -0.3 is 9.52 Å². The van der Waals surface area contributed by atoms with Crippen molar-refractivity contribution in [1.82, 2.24) is 4.90 Å². The third-order valence-electron chi connectivity index (χ3n) is 3.83. The van der Waals surface area contributed by atoms with Crippen molar-refractivity contribution in [3.8, 4) is 0 Å². The molecule has 1 atom stereocenters. The summed E-state index contributed by atoms with van der Waals surface area (Å²) in [5.41, 5.74) is 0. The van der Waals surface area contributed by atoms with E-state index in [1.165, 1.54) is 19.3 Å². The van der Waals surface area contributed by atoms with E-state index in [1.807, 2.05) is 0 Å². The highest BCUT2D eigenvalue weighted by Gasteiger charge is 2.25. The Morgan fingerprint density at radius 1 is 1.33 bits per heavy atom. The van der Waals surface area contributed by atoms with Gasteiger partial charge in [0, 0.05) is 13.0 Å². The molecule has 1 aromatic heterocycles. The molecule has 1 aromatic rings. The SMILES string of the molecule is CCc1ccc(C2CCCCN2CCCCO)o1. The van der Waals surface area contributed by atoms with Crippen LogP contribution in [0.15, 0.2) is 16.5 Å². The Balaban J connectivity index is 1.98. The highest BCUT2D eigenvalue weighted by molar-refractivity contribution is 5.11. The van der Waals surface area contributed by atoms with Crippen molar-refractivity contribution in [2.75, 3.05) is 19.7 Å². The van der Waals surface area contributed by atoms with Gasteiger partial charge >= 0.3 is 0 Å². The third-order valence-corrected chi connectivity index (χ3v) is 3.83. The number of furan rings is 1. The van der Waals surface area contributed by atoms with Gasteiger partial charge in [0.1, 0.15) is 11.5 Å². The van der Waals surface area contributed by atoms with Crippen LogP contribution in [0.4, 0.5) is 0 Å². The Hall–Kier alpha value is -0.800.